The van der Waals surface area contributed by atoms with Gasteiger partial charge in [0.25, 0.3) is 5.91 Å². The number of amides is 1. The van der Waals surface area contributed by atoms with Crippen molar-refractivity contribution in [2.75, 3.05) is 11.9 Å². The number of anilines is 2. The molecule has 23 heavy (non-hydrogen) atoms. The fourth-order valence-electron chi connectivity index (χ4n) is 2.34. The van der Waals surface area contributed by atoms with E-state index >= 15 is 0 Å². The minimum Gasteiger partial charge on any atom is -0.355 e. The maximum atomic E-state index is 12.1. The number of hydrogen-bond donors (Lipinski definition) is 2. The number of aryl methyl sites for hydroxylation is 1. The van der Waals surface area contributed by atoms with E-state index in [2.05, 4.69) is 42.5 Å². The lowest BCUT2D eigenvalue weighted by atomic mass is 10.1. The van der Waals surface area contributed by atoms with Gasteiger partial charge in [0.1, 0.15) is 5.69 Å². The van der Waals surface area contributed by atoms with Gasteiger partial charge in [-0.3, -0.25) is 9.78 Å². The zero-order valence-electron chi connectivity index (χ0n) is 14.1. The number of carbonyl (C=O) groups is 1. The van der Waals surface area contributed by atoms with Crippen molar-refractivity contribution in [3.63, 3.8) is 0 Å². The lowest BCUT2D eigenvalue weighted by Gasteiger charge is -2.12. The lowest BCUT2D eigenvalue weighted by Crippen LogP contribution is -2.25. The van der Waals surface area contributed by atoms with Gasteiger partial charge in [-0.2, -0.15) is 0 Å². The molecule has 1 aromatic heterocycles. The van der Waals surface area contributed by atoms with E-state index in [4.69, 9.17) is 0 Å². The minimum absolute atomic E-state index is 0.120. The van der Waals surface area contributed by atoms with Crippen molar-refractivity contribution >= 4 is 17.3 Å². The van der Waals surface area contributed by atoms with E-state index < -0.39 is 0 Å². The highest BCUT2D eigenvalue weighted by atomic mass is 16.1. The molecule has 2 rings (SSSR count). The predicted octanol–water partition coefficient (Wildman–Crippen LogP) is 4.36. The van der Waals surface area contributed by atoms with Crippen LogP contribution < -0.4 is 10.6 Å². The summed E-state index contributed by atoms with van der Waals surface area (Å²) in [5.74, 6) is -0.120. The number of unbranched alkanes of at least 4 members (excludes halogenated alkanes) is 2. The quantitative estimate of drug-likeness (QED) is 0.747. The third-order valence-corrected chi connectivity index (χ3v) is 3.94. The monoisotopic (exact) mass is 311 g/mol. The number of carbonyl (C=O) groups excluding carboxylic acids is 1. The SMILES string of the molecule is CCCCCNC(=O)c1cc(Nc2cccc(C)c2C)ccn1. The molecule has 2 N–H and O–H groups in total. The number of pyridine rings is 1. The van der Waals surface area contributed by atoms with E-state index in [-0.39, 0.29) is 5.91 Å². The molecular formula is C19H25N3O. The minimum atomic E-state index is -0.120. The van der Waals surface area contributed by atoms with Crippen LogP contribution >= 0.6 is 0 Å². The van der Waals surface area contributed by atoms with Crippen molar-refractivity contribution in [2.24, 2.45) is 0 Å². The molecular weight excluding hydrogens is 286 g/mol. The van der Waals surface area contributed by atoms with Crippen LogP contribution in [-0.2, 0) is 0 Å². The molecule has 0 unspecified atom stereocenters. The molecule has 0 radical (unpaired) electrons. The summed E-state index contributed by atoms with van der Waals surface area (Å²) in [6.45, 7) is 7.01. The average Bonchev–Trinajstić information content (AvgIpc) is 2.56. The highest BCUT2D eigenvalue weighted by Crippen LogP contribution is 2.22. The van der Waals surface area contributed by atoms with Gasteiger partial charge in [-0.1, -0.05) is 31.9 Å². The summed E-state index contributed by atoms with van der Waals surface area (Å²) in [6, 6.07) is 9.80. The van der Waals surface area contributed by atoms with Crippen LogP contribution in [0.1, 0.15) is 47.8 Å². The Labute approximate surface area is 138 Å². The van der Waals surface area contributed by atoms with Crippen molar-refractivity contribution in [2.45, 2.75) is 40.0 Å². The normalized spacial score (nSPS) is 10.4. The predicted molar refractivity (Wildman–Crippen MR) is 95.3 cm³/mol. The fraction of sp³-hybridized carbons (Fsp3) is 0.368. The third-order valence-electron chi connectivity index (χ3n) is 3.94. The number of nitrogens with one attached hydrogen (secondary N) is 2. The summed E-state index contributed by atoms with van der Waals surface area (Å²) < 4.78 is 0. The van der Waals surface area contributed by atoms with Gasteiger partial charge in [0.2, 0.25) is 0 Å². The van der Waals surface area contributed by atoms with Crippen molar-refractivity contribution in [3.05, 3.63) is 53.3 Å². The van der Waals surface area contributed by atoms with Crippen molar-refractivity contribution in [3.8, 4) is 0 Å². The molecule has 122 valence electrons. The Morgan fingerprint density at radius 2 is 2.00 bits per heavy atom. The zero-order valence-corrected chi connectivity index (χ0v) is 14.1. The molecule has 4 nitrogen and oxygen atoms in total. The number of rotatable bonds is 7. The second-order valence-corrected chi connectivity index (χ2v) is 5.77. The lowest BCUT2D eigenvalue weighted by molar-refractivity contribution is 0.0948. The first-order chi connectivity index (χ1) is 11.1. The van der Waals surface area contributed by atoms with Gasteiger partial charge >= 0.3 is 0 Å². The molecule has 0 saturated heterocycles. The number of aromatic nitrogens is 1. The number of hydrogen-bond acceptors (Lipinski definition) is 3. The Hall–Kier alpha value is -2.36. The van der Waals surface area contributed by atoms with Crippen molar-refractivity contribution < 1.29 is 4.79 Å². The van der Waals surface area contributed by atoms with Gasteiger partial charge in [-0.15, -0.1) is 0 Å². The second kappa shape index (κ2) is 8.32. The van der Waals surface area contributed by atoms with Crippen molar-refractivity contribution in [1.82, 2.24) is 10.3 Å². The number of benzene rings is 1. The number of nitrogens with zero attached hydrogens (tertiary/aromatic N) is 1. The first-order valence-corrected chi connectivity index (χ1v) is 8.19. The molecule has 0 aliphatic rings. The Bertz CT molecular complexity index is 667. The first kappa shape index (κ1) is 17.0. The molecule has 0 bridgehead atoms. The smallest absolute Gasteiger partial charge is 0.269 e. The maximum Gasteiger partial charge on any atom is 0.269 e. The van der Waals surface area contributed by atoms with Gasteiger partial charge in [-0.05, 0) is 49.6 Å². The molecule has 2 aromatic rings. The Kier molecular flexibility index (Phi) is 6.15. The van der Waals surface area contributed by atoms with Crippen LogP contribution in [0.4, 0.5) is 11.4 Å². The topological polar surface area (TPSA) is 54.0 Å². The van der Waals surface area contributed by atoms with Crippen LogP contribution in [0.3, 0.4) is 0 Å². The van der Waals surface area contributed by atoms with Gasteiger partial charge in [0.05, 0.1) is 0 Å². The Morgan fingerprint density at radius 1 is 1.17 bits per heavy atom. The highest BCUT2D eigenvalue weighted by molar-refractivity contribution is 5.93. The van der Waals surface area contributed by atoms with E-state index in [0.29, 0.717) is 12.2 Å². The molecule has 1 aromatic carbocycles. The van der Waals surface area contributed by atoms with E-state index in [1.54, 1.807) is 12.3 Å². The van der Waals surface area contributed by atoms with E-state index in [1.807, 2.05) is 18.2 Å². The third kappa shape index (κ3) is 4.81. The van der Waals surface area contributed by atoms with E-state index in [9.17, 15) is 4.79 Å². The van der Waals surface area contributed by atoms with Crippen LogP contribution in [0.15, 0.2) is 36.5 Å². The van der Waals surface area contributed by atoms with Crippen LogP contribution in [0.2, 0.25) is 0 Å². The summed E-state index contributed by atoms with van der Waals surface area (Å²) in [4.78, 5) is 16.3. The Morgan fingerprint density at radius 3 is 2.78 bits per heavy atom. The van der Waals surface area contributed by atoms with Crippen LogP contribution in [0.5, 0.6) is 0 Å². The van der Waals surface area contributed by atoms with E-state index in [1.165, 1.54) is 11.1 Å². The molecule has 0 aliphatic heterocycles. The average molecular weight is 311 g/mol. The van der Waals surface area contributed by atoms with Crippen molar-refractivity contribution in [1.29, 1.82) is 0 Å². The van der Waals surface area contributed by atoms with Crippen LogP contribution in [-0.4, -0.2) is 17.4 Å². The first-order valence-electron chi connectivity index (χ1n) is 8.19. The van der Waals surface area contributed by atoms with Gasteiger partial charge in [0, 0.05) is 24.1 Å². The molecule has 1 heterocycles. The Balaban J connectivity index is 2.04. The zero-order chi connectivity index (χ0) is 16.7. The van der Waals surface area contributed by atoms with Gasteiger partial charge < -0.3 is 10.6 Å². The van der Waals surface area contributed by atoms with Crippen LogP contribution in [0.25, 0.3) is 0 Å². The summed E-state index contributed by atoms with van der Waals surface area (Å²) in [6.07, 6.45) is 4.93. The van der Waals surface area contributed by atoms with E-state index in [0.717, 1.165) is 30.6 Å². The molecule has 1 amide bonds. The summed E-state index contributed by atoms with van der Waals surface area (Å²) >= 11 is 0. The van der Waals surface area contributed by atoms with Crippen LogP contribution in [0, 0.1) is 13.8 Å². The molecule has 0 aliphatic carbocycles. The largest absolute Gasteiger partial charge is 0.355 e. The summed E-state index contributed by atoms with van der Waals surface area (Å²) in [7, 11) is 0. The highest BCUT2D eigenvalue weighted by Gasteiger charge is 2.08. The molecule has 0 spiro atoms. The van der Waals surface area contributed by atoms with Gasteiger partial charge in [0.15, 0.2) is 0 Å². The molecule has 0 fully saturated rings. The standard InChI is InChI=1S/C19H25N3O/c1-4-5-6-11-21-19(23)18-13-16(10-12-20-18)22-17-9-7-8-14(2)15(17)3/h7-10,12-13H,4-6,11H2,1-3H3,(H,20,22)(H,21,23). The summed E-state index contributed by atoms with van der Waals surface area (Å²) in [5, 5.41) is 6.28. The molecule has 0 saturated carbocycles. The molecule has 4 heteroatoms. The summed E-state index contributed by atoms with van der Waals surface area (Å²) in [5.41, 5.74) is 4.79. The maximum absolute atomic E-state index is 12.1. The fourth-order valence-corrected chi connectivity index (χ4v) is 2.34. The second-order valence-electron chi connectivity index (χ2n) is 5.77. The molecule has 0 atom stereocenters. The van der Waals surface area contributed by atoms with Gasteiger partial charge in [-0.25, -0.2) is 0 Å².